The number of benzene rings is 1. The van der Waals surface area contributed by atoms with Gasteiger partial charge in [0.1, 0.15) is 40.3 Å². The van der Waals surface area contributed by atoms with Gasteiger partial charge in [-0.25, -0.2) is 18.2 Å². The molecule has 2 aromatic rings. The van der Waals surface area contributed by atoms with Crippen molar-refractivity contribution in [1.82, 2.24) is 25.2 Å². The lowest BCUT2D eigenvalue weighted by Crippen LogP contribution is -2.59. The highest BCUT2D eigenvalue weighted by atomic mass is 32.2. The summed E-state index contributed by atoms with van der Waals surface area (Å²) in [5.41, 5.74) is -0.517. The first kappa shape index (κ1) is 40.4. The third kappa shape index (κ3) is 7.40. The minimum atomic E-state index is -3.99. The maximum absolute atomic E-state index is 14.9. The summed E-state index contributed by atoms with van der Waals surface area (Å²) in [7, 11) is -2.38. The van der Waals surface area contributed by atoms with Crippen LogP contribution in [0.3, 0.4) is 0 Å². The molecule has 1 spiro atoms. The maximum atomic E-state index is 14.9. The van der Waals surface area contributed by atoms with Crippen molar-refractivity contribution in [2.45, 2.75) is 157 Å². The number of methoxy groups -OCH3 is 1. The van der Waals surface area contributed by atoms with E-state index in [2.05, 4.69) is 15.4 Å². The van der Waals surface area contributed by atoms with Crippen LogP contribution < -0.4 is 24.8 Å². The molecule has 3 aliphatic carbocycles. The predicted octanol–water partition coefficient (Wildman–Crippen LogP) is 5.46. The zero-order valence-corrected chi connectivity index (χ0v) is 35.1. The van der Waals surface area contributed by atoms with Crippen molar-refractivity contribution in [3.8, 4) is 11.5 Å². The molecule has 3 N–H and O–H groups in total. The number of amides is 4. The smallest absolute Gasteiger partial charge is 0.408 e. The van der Waals surface area contributed by atoms with E-state index < -0.39 is 73.3 Å². The van der Waals surface area contributed by atoms with Gasteiger partial charge in [0.25, 0.3) is 5.91 Å². The largest absolute Gasteiger partial charge is 0.497 e. The van der Waals surface area contributed by atoms with Crippen LogP contribution in [-0.4, -0.2) is 89.3 Å². The number of carbonyl (C=O) groups is 4. The molecule has 4 fully saturated rings. The highest BCUT2D eigenvalue weighted by molar-refractivity contribution is 7.91. The number of rotatable bonds is 7. The number of hydrogen-bond acceptors (Lipinski definition) is 10. The Kier molecular flexibility index (Phi) is 10.2. The zero-order chi connectivity index (χ0) is 41.3. The van der Waals surface area contributed by atoms with Crippen LogP contribution in [0.4, 0.5) is 4.79 Å². The number of hydrogen-bond donors (Lipinski definition) is 3. The second-order valence-electron chi connectivity index (χ2n) is 18.4. The molecule has 4 heterocycles. The molecule has 5 atom stereocenters. The van der Waals surface area contributed by atoms with E-state index in [0.717, 1.165) is 54.3 Å². The van der Waals surface area contributed by atoms with Crippen LogP contribution in [0.25, 0.3) is 10.9 Å². The number of carbonyl (C=O) groups excluding carboxylic acids is 4. The molecule has 4 amide bonds. The van der Waals surface area contributed by atoms with Gasteiger partial charge in [-0.05, 0) is 109 Å². The van der Waals surface area contributed by atoms with Crippen molar-refractivity contribution in [2.75, 3.05) is 13.7 Å². The summed E-state index contributed by atoms with van der Waals surface area (Å²) >= 11 is 0. The number of allylic oxidation sites excluding steroid dienone is 1. The lowest BCUT2D eigenvalue weighted by molar-refractivity contribution is -0.141. The molecule has 3 saturated carbocycles. The Balaban J connectivity index is 1.15. The highest BCUT2D eigenvalue weighted by Gasteiger charge is 2.64. The number of nitrogens with one attached hydrogen (secondary N) is 3. The van der Waals surface area contributed by atoms with Crippen molar-refractivity contribution in [2.24, 2.45) is 5.92 Å². The van der Waals surface area contributed by atoms with Gasteiger partial charge in [-0.15, -0.1) is 0 Å². The monoisotopic (exact) mass is 819 g/mol. The Hall–Kier alpha value is -4.40. The van der Waals surface area contributed by atoms with E-state index in [9.17, 15) is 27.6 Å². The number of pyridine rings is 1. The van der Waals surface area contributed by atoms with Gasteiger partial charge in [0.15, 0.2) is 0 Å². The van der Waals surface area contributed by atoms with Crippen molar-refractivity contribution >= 4 is 44.7 Å². The average Bonchev–Trinajstić information content (AvgIpc) is 4.06. The van der Waals surface area contributed by atoms with Gasteiger partial charge in [0.2, 0.25) is 21.8 Å². The molecule has 1 aromatic heterocycles. The first-order valence-electron chi connectivity index (χ1n) is 21.0. The summed E-state index contributed by atoms with van der Waals surface area (Å²) in [6.45, 7) is 7.64. The zero-order valence-electron chi connectivity index (χ0n) is 34.3. The standard InChI is InChI=1S/C43H57N5O9S/c1-26(2)34-35-29(30-22-28(55-5)14-15-31(30)44-34)16-19-42(56-35)24-33-36(49)46-43(38(51)47-58(53,54)41(4)20-21-41)23-27(43)12-9-7-6-8-10-13-32(37(50)48(33)25-42)45-39(52)57-40(3)17-11-18-40/h9,12,14-15,22,26-27,32-33H,6-8,10-11,13,16-21,23-25H2,1-5H3,(H,45,52)(H,46,49)(H,47,51)/b12-9-/t27?,32-,33-,42+,43+/m0/s1. The second-order valence-corrected chi connectivity index (χ2v) is 20.6. The first-order chi connectivity index (χ1) is 27.5. The number of nitrogens with zero attached hydrogens (tertiary/aromatic N) is 2. The van der Waals surface area contributed by atoms with Gasteiger partial charge in [-0.2, -0.15) is 0 Å². The third-order valence-corrected chi connectivity index (χ3v) is 15.8. The predicted molar refractivity (Wildman–Crippen MR) is 216 cm³/mol. The number of alkyl carbamates (subject to hydrolysis) is 1. The van der Waals surface area contributed by atoms with E-state index in [4.69, 9.17) is 19.2 Å². The molecule has 314 valence electrons. The Labute approximate surface area is 340 Å². The molecule has 3 aliphatic heterocycles. The fourth-order valence-electron chi connectivity index (χ4n) is 9.22. The van der Waals surface area contributed by atoms with Gasteiger partial charge in [-0.1, -0.05) is 38.8 Å². The quantitative estimate of drug-likeness (QED) is 0.304. The minimum absolute atomic E-state index is 0.00304. The Morgan fingerprint density at radius 2 is 1.81 bits per heavy atom. The Bertz CT molecular complexity index is 2170. The molecule has 8 rings (SSSR count). The van der Waals surface area contributed by atoms with Crippen molar-refractivity contribution < 1.29 is 41.8 Å². The third-order valence-electron chi connectivity index (χ3n) is 13.6. The molecular weight excluding hydrogens is 763 g/mol. The molecule has 1 aromatic carbocycles. The van der Waals surface area contributed by atoms with Crippen molar-refractivity contribution in [3.63, 3.8) is 0 Å². The number of aromatic nitrogens is 1. The van der Waals surface area contributed by atoms with Crippen LogP contribution in [0.5, 0.6) is 11.5 Å². The van der Waals surface area contributed by atoms with Crippen LogP contribution >= 0.6 is 0 Å². The lowest BCUT2D eigenvalue weighted by Gasteiger charge is -2.38. The van der Waals surface area contributed by atoms with Crippen LogP contribution in [0.2, 0.25) is 0 Å². The Morgan fingerprint density at radius 3 is 2.50 bits per heavy atom. The van der Waals surface area contributed by atoms with Gasteiger partial charge in [-0.3, -0.25) is 19.1 Å². The SMILES string of the molecule is COc1ccc2nc(C(C)C)c3c(c2c1)CC[C@]1(C[C@H]2C(=O)N[C@]4(C(=O)NS(=O)(=O)C5(C)CC5)CC4/C=C\CCCCC[C@H](NC(=O)OC4(C)CCC4)C(=O)N2C1)O3. The molecular formula is C43H57N5O9S. The summed E-state index contributed by atoms with van der Waals surface area (Å²) < 4.78 is 46.2. The number of aryl methyl sites for hydroxylation is 1. The van der Waals surface area contributed by atoms with Gasteiger partial charge in [0, 0.05) is 23.3 Å². The van der Waals surface area contributed by atoms with Gasteiger partial charge < -0.3 is 29.7 Å². The van der Waals surface area contributed by atoms with Gasteiger partial charge >= 0.3 is 6.09 Å². The van der Waals surface area contributed by atoms with E-state index >= 15 is 0 Å². The summed E-state index contributed by atoms with van der Waals surface area (Å²) in [5.74, 6) is -0.897. The number of fused-ring (bicyclic) bond motifs is 5. The van der Waals surface area contributed by atoms with Crippen LogP contribution in [-0.2, 0) is 35.6 Å². The average molecular weight is 820 g/mol. The molecule has 6 aliphatic rings. The molecule has 1 saturated heterocycles. The minimum Gasteiger partial charge on any atom is -0.497 e. The summed E-state index contributed by atoms with van der Waals surface area (Å²) in [5, 5.41) is 6.76. The summed E-state index contributed by atoms with van der Waals surface area (Å²) in [4.78, 5) is 63.6. The molecule has 0 radical (unpaired) electrons. The topological polar surface area (TPSA) is 182 Å². The lowest BCUT2D eigenvalue weighted by atomic mass is 9.82. The molecule has 1 unspecified atom stereocenters. The number of ether oxygens (including phenoxy) is 3. The molecule has 58 heavy (non-hydrogen) atoms. The highest BCUT2D eigenvalue weighted by Crippen LogP contribution is 2.50. The van der Waals surface area contributed by atoms with E-state index in [1.165, 1.54) is 4.90 Å². The Morgan fingerprint density at radius 1 is 1.03 bits per heavy atom. The van der Waals surface area contributed by atoms with Crippen LogP contribution in [0.15, 0.2) is 30.4 Å². The van der Waals surface area contributed by atoms with E-state index in [1.54, 1.807) is 14.0 Å². The van der Waals surface area contributed by atoms with Crippen molar-refractivity contribution in [3.05, 3.63) is 41.6 Å². The first-order valence-corrected chi connectivity index (χ1v) is 22.5. The van der Waals surface area contributed by atoms with Crippen LogP contribution in [0, 0.1) is 5.92 Å². The van der Waals surface area contributed by atoms with E-state index in [0.29, 0.717) is 56.4 Å². The van der Waals surface area contributed by atoms with Crippen LogP contribution in [0.1, 0.15) is 128 Å². The normalized spacial score (nSPS) is 30.6. The molecule has 0 bridgehead atoms. The molecule has 15 heteroatoms. The second kappa shape index (κ2) is 14.7. The van der Waals surface area contributed by atoms with Gasteiger partial charge in [0.05, 0.1) is 29.6 Å². The van der Waals surface area contributed by atoms with E-state index in [-0.39, 0.29) is 25.3 Å². The summed E-state index contributed by atoms with van der Waals surface area (Å²) in [6.07, 6.45) is 11.2. The maximum Gasteiger partial charge on any atom is 0.408 e. The van der Waals surface area contributed by atoms with E-state index in [1.807, 2.05) is 51.1 Å². The molecule has 14 nitrogen and oxygen atoms in total. The number of sulfonamides is 1. The fourth-order valence-corrected chi connectivity index (χ4v) is 10.5. The summed E-state index contributed by atoms with van der Waals surface area (Å²) in [6, 6.07) is 3.71. The van der Waals surface area contributed by atoms with Crippen molar-refractivity contribution in [1.29, 1.82) is 0 Å². The fraction of sp³-hybridized carbons (Fsp3) is 0.651.